The lowest BCUT2D eigenvalue weighted by atomic mass is 10.3. The Morgan fingerprint density at radius 3 is 1.70 bits per heavy atom. The summed E-state index contributed by atoms with van der Waals surface area (Å²) in [5.74, 6) is 0. The van der Waals surface area contributed by atoms with Crippen LogP contribution >= 0.6 is 0 Å². The maximum absolute atomic E-state index is 5.72. The Balaban J connectivity index is 3.73. The summed E-state index contributed by atoms with van der Waals surface area (Å²) < 4.78 is 5.72. The highest BCUT2D eigenvalue weighted by Crippen LogP contribution is 2.27. The lowest BCUT2D eigenvalue weighted by Crippen LogP contribution is -2.28. The predicted molar refractivity (Wildman–Crippen MR) is 47.6 cm³/mol. The average Bonchev–Trinajstić information content (AvgIpc) is 1.60. The van der Waals surface area contributed by atoms with Crippen LogP contribution < -0.4 is 0 Å². The van der Waals surface area contributed by atoms with Gasteiger partial charge in [-0.05, 0) is 25.4 Å². The monoisotopic (exact) mass is 159 g/mol. The van der Waals surface area contributed by atoms with Gasteiger partial charge >= 0.3 is 0 Å². The topological polar surface area (TPSA) is 9.23 Å². The second-order valence-electron chi connectivity index (χ2n) is 3.97. The molecule has 0 N–H and O–H groups in total. The van der Waals surface area contributed by atoms with Gasteiger partial charge in [0.1, 0.15) is 0 Å². The third-order valence-electron chi connectivity index (χ3n) is 1.47. The molecule has 0 heterocycles. The summed E-state index contributed by atoms with van der Waals surface area (Å²) >= 11 is 0. The van der Waals surface area contributed by atoms with Crippen LogP contribution in [0.4, 0.5) is 0 Å². The van der Waals surface area contributed by atoms with Crippen LogP contribution in [-0.2, 0) is 4.43 Å². The summed E-state index contributed by atoms with van der Waals surface area (Å²) in [6.45, 7) is 13.1. The third-order valence-corrected chi connectivity index (χ3v) is 4.41. The van der Waals surface area contributed by atoms with Crippen molar-refractivity contribution in [3.8, 4) is 0 Å². The van der Waals surface area contributed by atoms with Crippen LogP contribution in [0.5, 0.6) is 0 Å². The maximum atomic E-state index is 5.72. The minimum Gasteiger partial charge on any atom is -0.414 e. The van der Waals surface area contributed by atoms with Gasteiger partial charge in [0.2, 0.25) is 9.04 Å². The molecule has 0 saturated carbocycles. The van der Waals surface area contributed by atoms with Crippen LogP contribution in [0, 0.1) is 0 Å². The molecule has 61 valence electrons. The highest BCUT2D eigenvalue weighted by atomic mass is 28.3. The molecule has 0 unspecified atom stereocenters. The summed E-state index contributed by atoms with van der Waals surface area (Å²) in [7, 11) is -0.605. The van der Waals surface area contributed by atoms with E-state index in [-0.39, 0.29) is 0 Å². The van der Waals surface area contributed by atoms with Gasteiger partial charge in [-0.2, -0.15) is 0 Å². The molecule has 2 heteroatoms. The van der Waals surface area contributed by atoms with Crippen molar-refractivity contribution in [2.24, 2.45) is 0 Å². The first-order valence-corrected chi connectivity index (χ1v) is 5.75. The van der Waals surface area contributed by atoms with E-state index in [4.69, 9.17) is 4.43 Å². The Labute approximate surface area is 66.5 Å². The van der Waals surface area contributed by atoms with Gasteiger partial charge in [0, 0.05) is 6.10 Å². The van der Waals surface area contributed by atoms with Crippen LogP contribution in [0.1, 0.15) is 34.6 Å². The number of hydrogen-bond acceptors (Lipinski definition) is 1. The van der Waals surface area contributed by atoms with Crippen molar-refractivity contribution >= 4 is 9.04 Å². The van der Waals surface area contributed by atoms with Crippen molar-refractivity contribution in [3.63, 3.8) is 0 Å². The van der Waals surface area contributed by atoms with Crippen molar-refractivity contribution in [2.75, 3.05) is 0 Å². The van der Waals surface area contributed by atoms with Gasteiger partial charge in [0.05, 0.1) is 0 Å². The van der Waals surface area contributed by atoms with Crippen LogP contribution in [0.15, 0.2) is 0 Å². The molecule has 1 nitrogen and oxygen atoms in total. The van der Waals surface area contributed by atoms with Crippen molar-refractivity contribution in [1.82, 2.24) is 0 Å². The molecular formula is C8H19OSi. The maximum Gasteiger partial charge on any atom is 0.214 e. The van der Waals surface area contributed by atoms with E-state index >= 15 is 0 Å². The van der Waals surface area contributed by atoms with Crippen molar-refractivity contribution in [3.05, 3.63) is 0 Å². The SMILES string of the molecule is CC(C)O[Si](C)C(C)(C)C. The van der Waals surface area contributed by atoms with E-state index < -0.39 is 9.04 Å². The van der Waals surface area contributed by atoms with E-state index in [0.29, 0.717) is 11.1 Å². The predicted octanol–water partition coefficient (Wildman–Crippen LogP) is 2.83. The van der Waals surface area contributed by atoms with Gasteiger partial charge in [0.15, 0.2) is 0 Å². The van der Waals surface area contributed by atoms with Crippen LogP contribution in [0.2, 0.25) is 11.6 Å². The molecule has 0 aromatic carbocycles. The van der Waals surface area contributed by atoms with Gasteiger partial charge in [-0.15, -0.1) is 0 Å². The first-order valence-electron chi connectivity index (χ1n) is 3.84. The largest absolute Gasteiger partial charge is 0.414 e. The quantitative estimate of drug-likeness (QED) is 0.563. The first kappa shape index (κ1) is 10.2. The molecule has 0 aromatic rings. The normalized spacial score (nSPS) is 13.2. The summed E-state index contributed by atoms with van der Waals surface area (Å²) in [4.78, 5) is 0. The van der Waals surface area contributed by atoms with Gasteiger partial charge in [-0.25, -0.2) is 0 Å². The fraction of sp³-hybridized carbons (Fsp3) is 1.00. The summed E-state index contributed by atoms with van der Waals surface area (Å²) in [5.41, 5.74) is 0. The first-order chi connectivity index (χ1) is 4.34. The average molecular weight is 159 g/mol. The van der Waals surface area contributed by atoms with Crippen molar-refractivity contribution in [2.45, 2.75) is 52.3 Å². The van der Waals surface area contributed by atoms with Gasteiger partial charge < -0.3 is 4.43 Å². The molecule has 0 atom stereocenters. The van der Waals surface area contributed by atoms with E-state index in [1.165, 1.54) is 0 Å². The molecule has 0 aliphatic carbocycles. The zero-order chi connectivity index (χ0) is 8.36. The Bertz CT molecular complexity index is 93.9. The second-order valence-corrected chi connectivity index (χ2v) is 6.82. The van der Waals surface area contributed by atoms with Crippen molar-refractivity contribution in [1.29, 1.82) is 0 Å². The van der Waals surface area contributed by atoms with E-state index in [2.05, 4.69) is 41.2 Å². The third kappa shape index (κ3) is 4.07. The fourth-order valence-electron chi connectivity index (χ4n) is 0.530. The molecule has 10 heavy (non-hydrogen) atoms. The molecule has 0 aliphatic rings. The van der Waals surface area contributed by atoms with Gasteiger partial charge in [0.25, 0.3) is 0 Å². The number of rotatable bonds is 2. The lowest BCUT2D eigenvalue weighted by molar-refractivity contribution is 0.232. The minimum atomic E-state index is -0.605. The van der Waals surface area contributed by atoms with Crippen molar-refractivity contribution < 1.29 is 4.43 Å². The second kappa shape index (κ2) is 3.53. The lowest BCUT2D eigenvalue weighted by Gasteiger charge is -2.26. The molecule has 0 aromatic heterocycles. The molecular weight excluding hydrogens is 140 g/mol. The summed E-state index contributed by atoms with van der Waals surface area (Å²) in [6.07, 6.45) is 0.387. The standard InChI is InChI=1S/C8H19OSi/c1-7(2)9-10(6)8(3,4)5/h7H,1-6H3. The minimum absolute atomic E-state index is 0.370. The molecule has 0 bridgehead atoms. The zero-order valence-electron chi connectivity index (χ0n) is 7.99. The molecule has 0 spiro atoms. The smallest absolute Gasteiger partial charge is 0.214 e. The zero-order valence-corrected chi connectivity index (χ0v) is 8.99. The molecule has 0 saturated heterocycles. The van der Waals surface area contributed by atoms with E-state index in [1.54, 1.807) is 0 Å². The Morgan fingerprint density at radius 1 is 1.20 bits per heavy atom. The van der Waals surface area contributed by atoms with Gasteiger partial charge in [-0.1, -0.05) is 20.8 Å². The Kier molecular flexibility index (Phi) is 3.60. The molecule has 1 radical (unpaired) electrons. The molecule has 0 fully saturated rings. The summed E-state index contributed by atoms with van der Waals surface area (Å²) in [6, 6.07) is 0. The van der Waals surface area contributed by atoms with E-state index in [0.717, 1.165) is 0 Å². The Morgan fingerprint density at radius 2 is 1.60 bits per heavy atom. The van der Waals surface area contributed by atoms with Crippen LogP contribution in [0.25, 0.3) is 0 Å². The van der Waals surface area contributed by atoms with Crippen LogP contribution in [-0.4, -0.2) is 15.1 Å². The molecule has 0 amide bonds. The fourth-order valence-corrected chi connectivity index (χ4v) is 1.59. The van der Waals surface area contributed by atoms with Crippen LogP contribution in [0.3, 0.4) is 0 Å². The van der Waals surface area contributed by atoms with E-state index in [1.807, 2.05) is 0 Å². The molecule has 0 rings (SSSR count). The summed E-state index contributed by atoms with van der Waals surface area (Å²) in [5, 5.41) is 0.370. The Hall–Kier alpha value is 0.177. The highest BCUT2D eigenvalue weighted by Gasteiger charge is 2.24. The molecule has 0 aliphatic heterocycles. The highest BCUT2D eigenvalue weighted by molar-refractivity contribution is 6.53. The van der Waals surface area contributed by atoms with Gasteiger partial charge in [-0.3, -0.25) is 0 Å². The number of hydrogen-bond donors (Lipinski definition) is 0. The van der Waals surface area contributed by atoms with E-state index in [9.17, 15) is 0 Å².